The van der Waals surface area contributed by atoms with Gasteiger partial charge in [0.25, 0.3) is 0 Å². The normalized spacial score (nSPS) is 11.7. The van der Waals surface area contributed by atoms with Gasteiger partial charge in [-0.15, -0.1) is 4.91 Å². The Bertz CT molecular complexity index is 1230. The van der Waals surface area contributed by atoms with Crippen LogP contribution in [0.1, 0.15) is 38.8 Å². The highest BCUT2D eigenvalue weighted by Crippen LogP contribution is 2.34. The van der Waals surface area contributed by atoms with Gasteiger partial charge in [-0.25, -0.2) is 0 Å². The van der Waals surface area contributed by atoms with Crippen molar-refractivity contribution in [1.82, 2.24) is 0 Å². The van der Waals surface area contributed by atoms with E-state index >= 15 is 0 Å². The summed E-state index contributed by atoms with van der Waals surface area (Å²) in [6.45, 7) is 11.9. The first-order chi connectivity index (χ1) is 18.1. The average molecular weight is 576 g/mol. The maximum absolute atomic E-state index is 12.8. The molecule has 38 heavy (non-hydrogen) atoms. The Balaban J connectivity index is 1.67. The Kier molecular flexibility index (Phi) is 10.6. The summed E-state index contributed by atoms with van der Waals surface area (Å²) in [7, 11) is 0. The lowest BCUT2D eigenvalue weighted by atomic mass is 10.1. The second-order valence-corrected chi connectivity index (χ2v) is 12.1. The number of nitrogens with zero attached hydrogens (tertiary/aromatic N) is 2. The van der Waals surface area contributed by atoms with Gasteiger partial charge in [-0.1, -0.05) is 47.5 Å². The quantitative estimate of drug-likeness (QED) is 0.0729. The first-order valence-corrected chi connectivity index (χ1v) is 14.1. The molecule has 0 atom stereocenters. The van der Waals surface area contributed by atoms with E-state index in [9.17, 15) is 9.70 Å². The monoisotopic (exact) mass is 574 g/mol. The number of anilines is 2. The van der Waals surface area contributed by atoms with Gasteiger partial charge in [-0.2, -0.15) is 0 Å². The first-order valence-electron chi connectivity index (χ1n) is 12.5. The van der Waals surface area contributed by atoms with Crippen LogP contribution in [0.3, 0.4) is 0 Å². The summed E-state index contributed by atoms with van der Waals surface area (Å²) < 4.78 is 9.28. The number of esters is 1. The van der Waals surface area contributed by atoms with Crippen molar-refractivity contribution in [3.8, 4) is 5.75 Å². The van der Waals surface area contributed by atoms with Crippen molar-refractivity contribution in [2.75, 3.05) is 25.0 Å². The largest absolute Gasteiger partial charge is 0.426 e. The standard InChI is InChI=1S/C29H34Cl2N3O3S/c1-5-34(6-2,20-29(3,4)38-33-36)19-21-14-16-23(17-15-21)37-27(35)18-22-10-7-8-13-26(22)32-28-24(30)11-9-12-25(28)31/h7-17,32H,5-6,18-20H2,1-4H3/q+1. The van der Waals surface area contributed by atoms with E-state index in [1.165, 1.54) is 0 Å². The molecule has 202 valence electrons. The number of nitroso groups, excluding NO2 is 1. The zero-order valence-electron chi connectivity index (χ0n) is 22.2. The number of ether oxygens (including phenoxy) is 1. The van der Waals surface area contributed by atoms with Gasteiger partial charge in [-0.3, -0.25) is 4.79 Å². The molecule has 0 aliphatic heterocycles. The fourth-order valence-electron chi connectivity index (χ4n) is 4.59. The molecular weight excluding hydrogens is 541 g/mol. The molecule has 0 saturated carbocycles. The van der Waals surface area contributed by atoms with E-state index < -0.39 is 0 Å². The van der Waals surface area contributed by atoms with E-state index in [0.717, 1.165) is 59.4 Å². The fourth-order valence-corrected chi connectivity index (χ4v) is 5.61. The minimum atomic E-state index is -0.371. The molecule has 0 aliphatic carbocycles. The van der Waals surface area contributed by atoms with Gasteiger partial charge in [0.2, 0.25) is 0 Å². The molecule has 0 radical (unpaired) electrons. The number of nitrogens with one attached hydrogen (secondary N) is 1. The summed E-state index contributed by atoms with van der Waals surface area (Å²) in [5, 5.41) is 4.23. The van der Waals surface area contributed by atoms with Gasteiger partial charge < -0.3 is 14.5 Å². The average Bonchev–Trinajstić information content (AvgIpc) is 2.87. The molecule has 1 N–H and O–H groups in total. The summed E-state index contributed by atoms with van der Waals surface area (Å²) >= 11 is 13.7. The Morgan fingerprint density at radius 1 is 0.974 bits per heavy atom. The van der Waals surface area contributed by atoms with E-state index in [2.05, 4.69) is 37.6 Å². The summed E-state index contributed by atoms with van der Waals surface area (Å²) in [6, 6.07) is 20.4. The van der Waals surface area contributed by atoms with Crippen LogP contribution in [0.5, 0.6) is 5.75 Å². The second-order valence-electron chi connectivity index (χ2n) is 9.89. The van der Waals surface area contributed by atoms with Gasteiger partial charge in [0.1, 0.15) is 12.3 Å². The Hall–Kier alpha value is -2.58. The van der Waals surface area contributed by atoms with Gasteiger partial charge in [0.05, 0.1) is 46.5 Å². The van der Waals surface area contributed by atoms with Gasteiger partial charge in [-0.05, 0) is 75.7 Å². The van der Waals surface area contributed by atoms with E-state index in [0.29, 0.717) is 21.5 Å². The van der Waals surface area contributed by atoms with Crippen LogP contribution in [0.15, 0.2) is 71.3 Å². The number of hydrogen-bond donors (Lipinski definition) is 1. The topological polar surface area (TPSA) is 67.8 Å². The number of carbonyl (C=O) groups is 1. The summed E-state index contributed by atoms with van der Waals surface area (Å²) in [5.74, 6) is 0.120. The van der Waals surface area contributed by atoms with Crippen molar-refractivity contribution >= 4 is 52.5 Å². The van der Waals surface area contributed by atoms with Crippen molar-refractivity contribution in [2.45, 2.75) is 45.4 Å². The molecular formula is C29H34Cl2N3O3S+. The van der Waals surface area contributed by atoms with Crippen LogP contribution in [0.2, 0.25) is 10.0 Å². The summed E-state index contributed by atoms with van der Waals surface area (Å²) in [6.07, 6.45) is 0.0795. The van der Waals surface area contributed by atoms with Crippen LogP contribution < -0.4 is 10.1 Å². The number of halogens is 2. The van der Waals surface area contributed by atoms with Crippen LogP contribution in [0.4, 0.5) is 11.4 Å². The van der Waals surface area contributed by atoms with E-state index in [1.54, 1.807) is 18.2 Å². The molecule has 0 unspecified atom stereocenters. The van der Waals surface area contributed by atoms with E-state index in [-0.39, 0.29) is 17.1 Å². The zero-order chi connectivity index (χ0) is 27.8. The number of quaternary nitrogens is 1. The lowest BCUT2D eigenvalue weighted by Gasteiger charge is -2.41. The molecule has 6 nitrogen and oxygen atoms in total. The molecule has 0 saturated heterocycles. The number of benzene rings is 3. The molecule has 9 heteroatoms. The third kappa shape index (κ3) is 8.21. The molecule has 0 spiro atoms. The molecule has 3 aromatic rings. The molecule has 3 aromatic carbocycles. The molecule has 0 aromatic heterocycles. The van der Waals surface area contributed by atoms with Gasteiger partial charge >= 0.3 is 5.97 Å². The lowest BCUT2D eigenvalue weighted by molar-refractivity contribution is -0.939. The summed E-state index contributed by atoms with van der Waals surface area (Å²) in [5.41, 5.74) is 3.22. The zero-order valence-corrected chi connectivity index (χ0v) is 24.5. The van der Waals surface area contributed by atoms with Gasteiger partial charge in [0.15, 0.2) is 0 Å². The minimum absolute atomic E-state index is 0.0795. The molecule has 0 amide bonds. The smallest absolute Gasteiger partial charge is 0.315 e. The predicted octanol–water partition coefficient (Wildman–Crippen LogP) is 8.43. The first kappa shape index (κ1) is 30.0. The highest BCUT2D eigenvalue weighted by atomic mass is 35.5. The fraction of sp³-hybridized carbons (Fsp3) is 0.345. The predicted molar refractivity (Wildman–Crippen MR) is 159 cm³/mol. The molecule has 0 aliphatic rings. The van der Waals surface area contributed by atoms with E-state index in [4.69, 9.17) is 27.9 Å². The van der Waals surface area contributed by atoms with Crippen LogP contribution in [-0.4, -0.2) is 34.8 Å². The number of para-hydroxylation sites is 2. The van der Waals surface area contributed by atoms with Crippen LogP contribution in [0.25, 0.3) is 0 Å². The highest BCUT2D eigenvalue weighted by Gasteiger charge is 2.34. The number of carbonyl (C=O) groups excluding carboxylic acids is 1. The van der Waals surface area contributed by atoms with Crippen LogP contribution >= 0.6 is 35.1 Å². The minimum Gasteiger partial charge on any atom is -0.426 e. The number of hydrogen-bond acceptors (Lipinski definition) is 6. The molecule has 0 heterocycles. The van der Waals surface area contributed by atoms with Crippen molar-refractivity contribution < 1.29 is 14.0 Å². The van der Waals surface area contributed by atoms with Crippen molar-refractivity contribution in [2.24, 2.45) is 4.58 Å². The van der Waals surface area contributed by atoms with Crippen molar-refractivity contribution in [3.63, 3.8) is 0 Å². The van der Waals surface area contributed by atoms with Crippen LogP contribution in [0, 0.1) is 4.91 Å². The van der Waals surface area contributed by atoms with Crippen molar-refractivity contribution in [3.05, 3.63) is 92.8 Å². The third-order valence-electron chi connectivity index (χ3n) is 6.59. The highest BCUT2D eigenvalue weighted by molar-refractivity contribution is 7.99. The SMILES string of the molecule is CC[N+](CC)(Cc1ccc(OC(=O)Cc2ccccc2Nc2c(Cl)cccc2Cl)cc1)CC(C)(C)SN=O. The maximum atomic E-state index is 12.8. The Morgan fingerprint density at radius 3 is 2.21 bits per heavy atom. The molecule has 0 fully saturated rings. The number of rotatable bonds is 13. The Morgan fingerprint density at radius 2 is 1.61 bits per heavy atom. The molecule has 0 bridgehead atoms. The van der Waals surface area contributed by atoms with Crippen molar-refractivity contribution in [1.29, 1.82) is 0 Å². The van der Waals surface area contributed by atoms with Crippen LogP contribution in [-0.2, 0) is 17.8 Å². The van der Waals surface area contributed by atoms with E-state index in [1.807, 2.05) is 48.5 Å². The maximum Gasteiger partial charge on any atom is 0.315 e. The summed E-state index contributed by atoms with van der Waals surface area (Å²) in [4.78, 5) is 23.7. The third-order valence-corrected chi connectivity index (χ3v) is 7.92. The lowest BCUT2D eigenvalue weighted by Crippen LogP contribution is -2.53. The van der Waals surface area contributed by atoms with Gasteiger partial charge in [0, 0.05) is 27.8 Å². The molecule has 3 rings (SSSR count). The second kappa shape index (κ2) is 13.5. The Labute approximate surface area is 239 Å².